The highest BCUT2D eigenvalue weighted by Gasteiger charge is 1.86. The number of halogens is 1. The van der Waals surface area contributed by atoms with E-state index in [0.29, 0.717) is 0 Å². The molecule has 0 saturated carbocycles. The highest BCUT2D eigenvalue weighted by atomic mass is 35.7. The smallest absolute Gasteiger partial charge is 0.273 e. The highest BCUT2D eigenvalue weighted by molar-refractivity contribution is 8.09. The molecule has 8 heavy (non-hydrogen) atoms. The van der Waals surface area contributed by atoms with Gasteiger partial charge in [-0.1, -0.05) is 0 Å². The van der Waals surface area contributed by atoms with Gasteiger partial charge in [-0.15, -0.1) is 0 Å². The van der Waals surface area contributed by atoms with E-state index < -0.39 is 9.33 Å². The maximum Gasteiger partial charge on any atom is 0.353 e. The molecule has 4 nitrogen and oxygen atoms in total. The third-order valence-corrected chi connectivity index (χ3v) is 0. The van der Waals surface area contributed by atoms with Gasteiger partial charge in [0, 0.05) is 17.6 Å². The number of nitrogens with zero attached hydrogens (tertiary/aromatic N) is 1. The van der Waals surface area contributed by atoms with Crippen molar-refractivity contribution in [1.82, 2.24) is 0 Å². The molecule has 0 aliphatic rings. The first-order chi connectivity index (χ1) is 3.41. The van der Waals surface area contributed by atoms with Crippen LogP contribution in [0.25, 0.3) is 0 Å². The van der Waals surface area contributed by atoms with E-state index in [2.05, 4.69) is 10.7 Å². The molecular formula is C2H4ClNO3S. The van der Waals surface area contributed by atoms with Crippen LogP contribution >= 0.6 is 10.7 Å². The second-order valence-electron chi connectivity index (χ2n) is 0.636. The fourth-order valence-corrected chi connectivity index (χ4v) is 0. The summed E-state index contributed by atoms with van der Waals surface area (Å²) in [6.45, 7) is 1.43. The van der Waals surface area contributed by atoms with Gasteiger partial charge in [-0.05, 0) is 0 Å². The van der Waals surface area contributed by atoms with Crippen molar-refractivity contribution in [3.8, 4) is 6.07 Å². The van der Waals surface area contributed by atoms with Crippen LogP contribution in [-0.4, -0.2) is 13.0 Å². The Bertz CT molecular complexity index is 158. The molecule has 0 aliphatic heterocycles. The standard InChI is InChI=1S/C2H3N.ClHO3S/c1-2-3;1-5(2,3)4/h1H3;(H,2,3,4). The van der Waals surface area contributed by atoms with Crippen LogP contribution in [0.5, 0.6) is 0 Å². The minimum Gasteiger partial charge on any atom is -0.273 e. The topological polar surface area (TPSA) is 78.2 Å². The Labute approximate surface area is 51.9 Å². The van der Waals surface area contributed by atoms with Gasteiger partial charge in [0.15, 0.2) is 0 Å². The summed E-state index contributed by atoms with van der Waals surface area (Å²) < 4.78 is 25.2. The first-order valence-corrected chi connectivity index (χ1v) is 3.66. The number of rotatable bonds is 0. The van der Waals surface area contributed by atoms with Gasteiger partial charge in [0.1, 0.15) is 0 Å². The van der Waals surface area contributed by atoms with E-state index in [0.717, 1.165) is 0 Å². The molecule has 0 aromatic carbocycles. The molecule has 0 spiro atoms. The quantitative estimate of drug-likeness (QED) is 0.412. The lowest BCUT2D eigenvalue weighted by atomic mass is 11.0. The third kappa shape index (κ3) is 1300. The summed E-state index contributed by atoms with van der Waals surface area (Å²) >= 11 is 0. The fraction of sp³-hybridized carbons (Fsp3) is 0.500. The average molecular weight is 158 g/mol. The van der Waals surface area contributed by atoms with Crippen LogP contribution in [0.1, 0.15) is 6.92 Å². The molecule has 6 heteroatoms. The van der Waals surface area contributed by atoms with Gasteiger partial charge < -0.3 is 0 Å². The van der Waals surface area contributed by atoms with E-state index in [4.69, 9.17) is 18.2 Å². The summed E-state index contributed by atoms with van der Waals surface area (Å²) in [7, 11) is -0.137. The summed E-state index contributed by atoms with van der Waals surface area (Å²) in [5, 5.41) is 7.32. The minimum absolute atomic E-state index is 1.43. The van der Waals surface area contributed by atoms with Crippen LogP contribution in [0, 0.1) is 11.3 Å². The summed E-state index contributed by atoms with van der Waals surface area (Å²) in [5.74, 6) is 0. The maximum absolute atomic E-state index is 8.95. The summed E-state index contributed by atoms with van der Waals surface area (Å²) in [4.78, 5) is 0. The molecule has 0 rings (SSSR count). The van der Waals surface area contributed by atoms with Gasteiger partial charge in [-0.3, -0.25) is 4.55 Å². The number of hydrogen-bond donors (Lipinski definition) is 1. The Balaban J connectivity index is 0. The van der Waals surface area contributed by atoms with Crippen LogP contribution in [-0.2, 0) is 9.33 Å². The lowest BCUT2D eigenvalue weighted by Gasteiger charge is -1.65. The zero-order valence-electron chi connectivity index (χ0n) is 4.00. The van der Waals surface area contributed by atoms with Crippen molar-refractivity contribution in [3.63, 3.8) is 0 Å². The largest absolute Gasteiger partial charge is 0.353 e. The Kier molecular flexibility index (Phi) is 6.43. The predicted molar refractivity (Wildman–Crippen MR) is 28.7 cm³/mol. The van der Waals surface area contributed by atoms with Crippen molar-refractivity contribution in [2.75, 3.05) is 0 Å². The first kappa shape index (κ1) is 10.6. The fourth-order valence-electron chi connectivity index (χ4n) is 0. The molecule has 0 bridgehead atoms. The van der Waals surface area contributed by atoms with Gasteiger partial charge in [-0.25, -0.2) is 0 Å². The molecule has 0 aromatic rings. The molecule has 48 valence electrons. The van der Waals surface area contributed by atoms with Crippen molar-refractivity contribution >= 4 is 20.0 Å². The molecule has 1 N–H and O–H groups in total. The van der Waals surface area contributed by atoms with Crippen LogP contribution in [0.3, 0.4) is 0 Å². The Hall–Kier alpha value is -0.310. The van der Waals surface area contributed by atoms with Gasteiger partial charge in [0.25, 0.3) is 0 Å². The molecule has 0 unspecified atom stereocenters. The van der Waals surface area contributed by atoms with Gasteiger partial charge in [0.2, 0.25) is 0 Å². The molecule has 0 saturated heterocycles. The second kappa shape index (κ2) is 4.84. The Morgan fingerprint density at radius 1 is 1.75 bits per heavy atom. The van der Waals surface area contributed by atoms with Crippen molar-refractivity contribution < 1.29 is 13.0 Å². The Morgan fingerprint density at radius 2 is 1.75 bits per heavy atom. The second-order valence-corrected chi connectivity index (χ2v) is 2.63. The van der Waals surface area contributed by atoms with Gasteiger partial charge in [0.05, 0.1) is 6.07 Å². The lowest BCUT2D eigenvalue weighted by molar-refractivity contribution is 0.501. The molecule has 0 atom stereocenters. The molecule has 0 radical (unpaired) electrons. The monoisotopic (exact) mass is 157 g/mol. The van der Waals surface area contributed by atoms with Crippen LogP contribution in [0.2, 0.25) is 0 Å². The number of hydrogen-bond acceptors (Lipinski definition) is 3. The van der Waals surface area contributed by atoms with Crippen molar-refractivity contribution in [3.05, 3.63) is 0 Å². The molecule has 0 amide bonds. The predicted octanol–water partition coefficient (Wildman–Crippen LogP) is 0.558. The first-order valence-electron chi connectivity index (χ1n) is 1.39. The average Bonchev–Trinajstić information content (AvgIpc) is 1.27. The summed E-state index contributed by atoms with van der Waals surface area (Å²) in [5.41, 5.74) is 0. The van der Waals surface area contributed by atoms with E-state index in [-0.39, 0.29) is 0 Å². The van der Waals surface area contributed by atoms with E-state index in [1.807, 2.05) is 0 Å². The summed E-state index contributed by atoms with van der Waals surface area (Å²) in [6, 6.07) is 1.75. The Morgan fingerprint density at radius 3 is 1.75 bits per heavy atom. The van der Waals surface area contributed by atoms with E-state index >= 15 is 0 Å². The SMILES string of the molecule is CC#N.O=S(=O)(O)Cl. The molecule has 0 aromatic heterocycles. The molecule has 0 aliphatic carbocycles. The maximum atomic E-state index is 8.95. The van der Waals surface area contributed by atoms with Crippen molar-refractivity contribution in [2.45, 2.75) is 6.92 Å². The van der Waals surface area contributed by atoms with Crippen LogP contribution in [0.15, 0.2) is 0 Å². The number of nitriles is 1. The minimum atomic E-state index is -4.19. The van der Waals surface area contributed by atoms with E-state index in [9.17, 15) is 0 Å². The van der Waals surface area contributed by atoms with Crippen LogP contribution in [0.4, 0.5) is 0 Å². The van der Waals surface area contributed by atoms with E-state index in [1.54, 1.807) is 6.07 Å². The third-order valence-electron chi connectivity index (χ3n) is 0. The van der Waals surface area contributed by atoms with Crippen molar-refractivity contribution in [1.29, 1.82) is 5.26 Å². The molecular weight excluding hydrogens is 154 g/mol. The lowest BCUT2D eigenvalue weighted by Crippen LogP contribution is -1.77. The normalized spacial score (nSPS) is 8.25. The molecule has 0 fully saturated rings. The highest BCUT2D eigenvalue weighted by Crippen LogP contribution is 1.82. The zero-order chi connectivity index (χ0) is 7.21. The van der Waals surface area contributed by atoms with Crippen LogP contribution < -0.4 is 0 Å². The molecule has 0 heterocycles. The van der Waals surface area contributed by atoms with E-state index in [1.165, 1.54) is 6.92 Å². The van der Waals surface area contributed by atoms with Gasteiger partial charge in [-0.2, -0.15) is 13.7 Å². The van der Waals surface area contributed by atoms with Gasteiger partial charge >= 0.3 is 9.33 Å². The zero-order valence-corrected chi connectivity index (χ0v) is 5.57. The van der Waals surface area contributed by atoms with Crippen molar-refractivity contribution in [2.24, 2.45) is 0 Å². The summed E-state index contributed by atoms with van der Waals surface area (Å²) in [6.07, 6.45) is 0.